The summed E-state index contributed by atoms with van der Waals surface area (Å²) in [7, 11) is 0. The van der Waals surface area contributed by atoms with Gasteiger partial charge in [0.15, 0.2) is 0 Å². The molecule has 2 aliphatic rings. The lowest BCUT2D eigenvalue weighted by Crippen LogP contribution is -2.45. The molecule has 0 aromatic heterocycles. The Morgan fingerprint density at radius 1 is 1.29 bits per heavy atom. The first-order valence-electron chi connectivity index (χ1n) is 6.51. The van der Waals surface area contributed by atoms with Crippen LogP contribution >= 0.6 is 0 Å². The molecule has 5 heteroatoms. The molecule has 1 unspecified atom stereocenters. The van der Waals surface area contributed by atoms with E-state index in [4.69, 9.17) is 9.47 Å². The highest BCUT2D eigenvalue weighted by Gasteiger charge is 2.19. The third-order valence-corrected chi connectivity index (χ3v) is 3.35. The van der Waals surface area contributed by atoms with Gasteiger partial charge in [0.05, 0.1) is 12.7 Å². The molecule has 1 atom stereocenters. The number of hydrogen-bond donors (Lipinski definition) is 2. The van der Waals surface area contributed by atoms with Gasteiger partial charge < -0.3 is 20.1 Å². The van der Waals surface area contributed by atoms with E-state index in [1.807, 2.05) is 0 Å². The van der Waals surface area contributed by atoms with Gasteiger partial charge in [-0.3, -0.25) is 4.79 Å². The summed E-state index contributed by atoms with van der Waals surface area (Å²) in [6, 6.07) is 0. The minimum atomic E-state index is 0.127. The normalized spacial score (nSPS) is 26.7. The molecule has 0 spiro atoms. The molecule has 2 N–H and O–H groups in total. The maximum Gasteiger partial charge on any atom is 0.220 e. The third-order valence-electron chi connectivity index (χ3n) is 3.35. The van der Waals surface area contributed by atoms with Crippen LogP contribution < -0.4 is 10.6 Å². The minimum Gasteiger partial charge on any atom is -0.381 e. The zero-order valence-corrected chi connectivity index (χ0v) is 10.2. The summed E-state index contributed by atoms with van der Waals surface area (Å²) in [5, 5.41) is 6.20. The van der Waals surface area contributed by atoms with Gasteiger partial charge in [0.2, 0.25) is 5.91 Å². The summed E-state index contributed by atoms with van der Waals surface area (Å²) in [5.41, 5.74) is 0. The van der Waals surface area contributed by atoms with E-state index in [1.54, 1.807) is 0 Å². The van der Waals surface area contributed by atoms with E-state index >= 15 is 0 Å². The van der Waals surface area contributed by atoms with E-state index in [9.17, 15) is 4.79 Å². The van der Waals surface area contributed by atoms with Gasteiger partial charge in [-0.1, -0.05) is 0 Å². The number of hydrogen-bond acceptors (Lipinski definition) is 4. The Hall–Kier alpha value is -0.650. The fourth-order valence-corrected chi connectivity index (χ4v) is 2.26. The van der Waals surface area contributed by atoms with Crippen molar-refractivity contribution in [3.8, 4) is 0 Å². The molecule has 17 heavy (non-hydrogen) atoms. The van der Waals surface area contributed by atoms with E-state index in [-0.39, 0.29) is 12.0 Å². The van der Waals surface area contributed by atoms with Crippen molar-refractivity contribution in [2.45, 2.75) is 25.4 Å². The van der Waals surface area contributed by atoms with Crippen LogP contribution in [-0.4, -0.2) is 51.5 Å². The second-order valence-corrected chi connectivity index (χ2v) is 4.76. The number of amides is 1. The monoisotopic (exact) mass is 242 g/mol. The summed E-state index contributed by atoms with van der Waals surface area (Å²) in [4.78, 5) is 11.7. The van der Waals surface area contributed by atoms with Crippen molar-refractivity contribution < 1.29 is 14.3 Å². The summed E-state index contributed by atoms with van der Waals surface area (Å²) in [6.07, 6.45) is 2.77. The van der Waals surface area contributed by atoms with Crippen molar-refractivity contribution in [3.05, 3.63) is 0 Å². The van der Waals surface area contributed by atoms with Crippen LogP contribution in [-0.2, 0) is 14.3 Å². The average Bonchev–Trinajstić information content (AvgIpc) is 2.39. The van der Waals surface area contributed by atoms with Crippen LogP contribution in [0.1, 0.15) is 19.3 Å². The number of ether oxygens (including phenoxy) is 2. The Bertz CT molecular complexity index is 236. The molecule has 2 rings (SSSR count). The fourth-order valence-electron chi connectivity index (χ4n) is 2.26. The maximum atomic E-state index is 11.7. The van der Waals surface area contributed by atoms with Crippen LogP contribution in [0.25, 0.3) is 0 Å². The topological polar surface area (TPSA) is 59.6 Å². The fraction of sp³-hybridized carbons (Fsp3) is 0.917. The molecule has 0 aromatic rings. The molecule has 0 aliphatic carbocycles. The molecule has 1 amide bonds. The van der Waals surface area contributed by atoms with Gasteiger partial charge in [-0.15, -0.1) is 0 Å². The first-order valence-corrected chi connectivity index (χ1v) is 6.51. The van der Waals surface area contributed by atoms with Gasteiger partial charge in [0, 0.05) is 39.3 Å². The van der Waals surface area contributed by atoms with Gasteiger partial charge in [0.25, 0.3) is 0 Å². The van der Waals surface area contributed by atoms with E-state index in [0.29, 0.717) is 18.9 Å². The Morgan fingerprint density at radius 3 is 2.82 bits per heavy atom. The molecule has 2 aliphatic heterocycles. The average molecular weight is 242 g/mol. The standard InChI is InChI=1S/C12H22N2O3/c15-12(7-10-1-4-16-5-2-10)14-9-11-8-13-3-6-17-11/h10-11,13H,1-9H2,(H,14,15). The second kappa shape index (κ2) is 6.93. The molecule has 0 bridgehead atoms. The summed E-state index contributed by atoms with van der Waals surface area (Å²) in [5.74, 6) is 0.639. The minimum absolute atomic E-state index is 0.127. The van der Waals surface area contributed by atoms with Gasteiger partial charge in [-0.2, -0.15) is 0 Å². The lowest BCUT2D eigenvalue weighted by atomic mass is 9.96. The van der Waals surface area contributed by atoms with Crippen molar-refractivity contribution >= 4 is 5.91 Å². The maximum absolute atomic E-state index is 11.7. The van der Waals surface area contributed by atoms with E-state index < -0.39 is 0 Å². The van der Waals surface area contributed by atoms with Gasteiger partial charge in [-0.05, 0) is 18.8 Å². The molecular formula is C12H22N2O3. The Morgan fingerprint density at radius 2 is 2.12 bits per heavy atom. The van der Waals surface area contributed by atoms with Crippen LogP contribution in [0.15, 0.2) is 0 Å². The van der Waals surface area contributed by atoms with Crippen LogP contribution in [0.4, 0.5) is 0 Å². The number of carbonyl (C=O) groups excluding carboxylic acids is 1. The Kier molecular flexibility index (Phi) is 5.22. The predicted molar refractivity (Wildman–Crippen MR) is 63.8 cm³/mol. The van der Waals surface area contributed by atoms with E-state index in [2.05, 4.69) is 10.6 Å². The Balaban J connectivity index is 1.59. The molecular weight excluding hydrogens is 220 g/mol. The largest absolute Gasteiger partial charge is 0.381 e. The summed E-state index contributed by atoms with van der Waals surface area (Å²) in [6.45, 7) is 4.70. The second-order valence-electron chi connectivity index (χ2n) is 4.76. The van der Waals surface area contributed by atoms with Crippen LogP contribution in [0, 0.1) is 5.92 Å². The molecule has 2 saturated heterocycles. The smallest absolute Gasteiger partial charge is 0.220 e. The first-order chi connectivity index (χ1) is 8.34. The highest BCUT2D eigenvalue weighted by Crippen LogP contribution is 2.17. The van der Waals surface area contributed by atoms with Crippen molar-refractivity contribution in [2.24, 2.45) is 5.92 Å². The summed E-state index contributed by atoms with van der Waals surface area (Å²) < 4.78 is 10.8. The van der Waals surface area contributed by atoms with Crippen LogP contribution in [0.2, 0.25) is 0 Å². The summed E-state index contributed by atoms with van der Waals surface area (Å²) >= 11 is 0. The molecule has 2 heterocycles. The number of rotatable bonds is 4. The van der Waals surface area contributed by atoms with Crippen molar-refractivity contribution in [1.82, 2.24) is 10.6 Å². The quantitative estimate of drug-likeness (QED) is 0.723. The van der Waals surface area contributed by atoms with Crippen LogP contribution in [0.5, 0.6) is 0 Å². The van der Waals surface area contributed by atoms with Crippen LogP contribution in [0.3, 0.4) is 0 Å². The van der Waals surface area contributed by atoms with E-state index in [0.717, 1.165) is 45.8 Å². The first kappa shape index (κ1) is 12.8. The van der Waals surface area contributed by atoms with Crippen molar-refractivity contribution in [1.29, 1.82) is 0 Å². The Labute approximate surface area is 102 Å². The molecule has 5 nitrogen and oxygen atoms in total. The SMILES string of the molecule is O=C(CC1CCOCC1)NCC1CNCCO1. The predicted octanol–water partition coefficient (Wildman–Crippen LogP) is -0.0923. The zero-order chi connectivity index (χ0) is 11.9. The number of nitrogens with one attached hydrogen (secondary N) is 2. The zero-order valence-electron chi connectivity index (χ0n) is 10.2. The highest BCUT2D eigenvalue weighted by atomic mass is 16.5. The van der Waals surface area contributed by atoms with Gasteiger partial charge in [-0.25, -0.2) is 0 Å². The molecule has 98 valence electrons. The van der Waals surface area contributed by atoms with Gasteiger partial charge in [0.1, 0.15) is 0 Å². The van der Waals surface area contributed by atoms with Crippen molar-refractivity contribution in [2.75, 3.05) is 39.5 Å². The highest BCUT2D eigenvalue weighted by molar-refractivity contribution is 5.76. The molecule has 0 saturated carbocycles. The lowest BCUT2D eigenvalue weighted by molar-refractivity contribution is -0.123. The molecule has 0 radical (unpaired) electrons. The lowest BCUT2D eigenvalue weighted by Gasteiger charge is -2.25. The van der Waals surface area contributed by atoms with E-state index in [1.165, 1.54) is 0 Å². The number of carbonyl (C=O) groups is 1. The number of morpholine rings is 1. The molecule has 0 aromatic carbocycles. The molecule has 2 fully saturated rings. The third kappa shape index (κ3) is 4.61. The van der Waals surface area contributed by atoms with Crippen molar-refractivity contribution in [3.63, 3.8) is 0 Å². The van der Waals surface area contributed by atoms with Gasteiger partial charge >= 0.3 is 0 Å².